The first-order chi connectivity index (χ1) is 9.40. The Morgan fingerprint density at radius 3 is 2.63 bits per heavy atom. The summed E-state index contributed by atoms with van der Waals surface area (Å²) in [6.07, 6.45) is 15.3. The van der Waals surface area contributed by atoms with E-state index in [0.29, 0.717) is 12.2 Å². The minimum Gasteiger partial charge on any atom is -0.501 e. The van der Waals surface area contributed by atoms with Crippen LogP contribution in [-0.4, -0.2) is 18.8 Å². The molecular weight excluding hydrogens is 236 g/mol. The van der Waals surface area contributed by atoms with Gasteiger partial charge in [0.1, 0.15) is 0 Å². The first-order valence-corrected chi connectivity index (χ1v) is 8.35. The van der Waals surface area contributed by atoms with Crippen LogP contribution in [0.5, 0.6) is 0 Å². The molecule has 106 valence electrons. The lowest BCUT2D eigenvalue weighted by Gasteiger charge is -2.36. The second-order valence-corrected chi connectivity index (χ2v) is 7.11. The number of allylic oxidation sites excluding steroid dienone is 1. The lowest BCUT2D eigenvalue weighted by Crippen LogP contribution is -2.34. The van der Waals surface area contributed by atoms with Crippen molar-refractivity contribution in [2.75, 3.05) is 6.61 Å². The van der Waals surface area contributed by atoms with Crippen LogP contribution in [0.15, 0.2) is 11.8 Å². The molecule has 0 aromatic rings. The highest BCUT2D eigenvalue weighted by atomic mass is 16.5. The first-order valence-electron chi connectivity index (χ1n) is 8.35. The zero-order valence-corrected chi connectivity index (χ0v) is 11.9. The van der Waals surface area contributed by atoms with Gasteiger partial charge in [-0.2, -0.15) is 0 Å². The molecule has 5 atom stereocenters. The Morgan fingerprint density at radius 2 is 1.79 bits per heavy atom. The molecule has 2 aliphatic heterocycles. The summed E-state index contributed by atoms with van der Waals surface area (Å²) in [4.78, 5) is 0. The molecule has 0 radical (unpaired) electrons. The first kappa shape index (κ1) is 12.3. The summed E-state index contributed by atoms with van der Waals surface area (Å²) in [7, 11) is 0. The summed E-state index contributed by atoms with van der Waals surface area (Å²) in [6, 6.07) is 0. The smallest absolute Gasteiger partial charge is 0.0901 e. The summed E-state index contributed by atoms with van der Waals surface area (Å²) in [5, 5.41) is 0. The van der Waals surface area contributed by atoms with Gasteiger partial charge in [-0.25, -0.2) is 0 Å². The molecule has 2 aliphatic carbocycles. The molecular formula is C17H26O2. The Bertz CT molecular complexity index is 354. The van der Waals surface area contributed by atoms with E-state index in [4.69, 9.17) is 9.47 Å². The molecule has 2 bridgehead atoms. The van der Waals surface area contributed by atoms with Gasteiger partial charge in [0, 0.05) is 0 Å². The van der Waals surface area contributed by atoms with Crippen molar-refractivity contribution in [3.63, 3.8) is 0 Å². The average molecular weight is 262 g/mol. The van der Waals surface area contributed by atoms with E-state index in [0.717, 1.165) is 24.4 Å². The van der Waals surface area contributed by atoms with Gasteiger partial charge >= 0.3 is 0 Å². The van der Waals surface area contributed by atoms with Crippen LogP contribution >= 0.6 is 0 Å². The molecule has 4 rings (SSSR count). The van der Waals surface area contributed by atoms with Crippen molar-refractivity contribution in [1.29, 1.82) is 0 Å². The molecule has 0 aromatic carbocycles. The Kier molecular flexibility index (Phi) is 3.30. The molecule has 2 saturated heterocycles. The van der Waals surface area contributed by atoms with Gasteiger partial charge in [0.15, 0.2) is 0 Å². The van der Waals surface area contributed by atoms with Crippen LogP contribution in [0.25, 0.3) is 0 Å². The SMILES string of the molecule is C(OCC1CCC2C3CCC(O3)C2C1)=C1CCCC1. The minimum atomic E-state index is 0.603. The lowest BCUT2D eigenvalue weighted by atomic mass is 9.68. The van der Waals surface area contributed by atoms with Gasteiger partial charge in [0.05, 0.1) is 25.1 Å². The molecule has 2 heterocycles. The van der Waals surface area contributed by atoms with Crippen molar-refractivity contribution in [3.05, 3.63) is 11.8 Å². The van der Waals surface area contributed by atoms with Gasteiger partial charge in [-0.3, -0.25) is 0 Å². The van der Waals surface area contributed by atoms with Gasteiger partial charge in [0.2, 0.25) is 0 Å². The summed E-state index contributed by atoms with van der Waals surface area (Å²) >= 11 is 0. The lowest BCUT2D eigenvalue weighted by molar-refractivity contribution is 0.0848. The van der Waals surface area contributed by atoms with Crippen LogP contribution in [-0.2, 0) is 9.47 Å². The van der Waals surface area contributed by atoms with Crippen LogP contribution in [0.1, 0.15) is 57.8 Å². The fourth-order valence-corrected chi connectivity index (χ4v) is 4.93. The predicted molar refractivity (Wildman–Crippen MR) is 74.7 cm³/mol. The number of fused-ring (bicyclic) bond motifs is 5. The maximum absolute atomic E-state index is 6.10. The van der Waals surface area contributed by atoms with E-state index in [2.05, 4.69) is 6.26 Å². The van der Waals surface area contributed by atoms with Crippen molar-refractivity contribution in [2.45, 2.75) is 70.0 Å². The maximum Gasteiger partial charge on any atom is 0.0901 e. The van der Waals surface area contributed by atoms with Crippen molar-refractivity contribution in [3.8, 4) is 0 Å². The van der Waals surface area contributed by atoms with E-state index in [1.54, 1.807) is 0 Å². The van der Waals surface area contributed by atoms with Crippen LogP contribution in [0.2, 0.25) is 0 Å². The van der Waals surface area contributed by atoms with Gasteiger partial charge in [0.25, 0.3) is 0 Å². The van der Waals surface area contributed by atoms with E-state index in [-0.39, 0.29) is 0 Å². The minimum absolute atomic E-state index is 0.603. The summed E-state index contributed by atoms with van der Waals surface area (Å²) in [5.41, 5.74) is 1.54. The molecule has 0 aromatic heterocycles. The van der Waals surface area contributed by atoms with Crippen LogP contribution < -0.4 is 0 Å². The monoisotopic (exact) mass is 262 g/mol. The average Bonchev–Trinajstić information content (AvgIpc) is 3.16. The van der Waals surface area contributed by atoms with Gasteiger partial charge in [-0.15, -0.1) is 0 Å². The van der Waals surface area contributed by atoms with Crippen molar-refractivity contribution >= 4 is 0 Å². The number of ether oxygens (including phenoxy) is 2. The highest BCUT2D eigenvalue weighted by Crippen LogP contribution is 2.51. The molecule has 2 heteroatoms. The number of rotatable bonds is 3. The second-order valence-electron chi connectivity index (χ2n) is 7.11. The molecule has 5 unspecified atom stereocenters. The van der Waals surface area contributed by atoms with Crippen LogP contribution in [0.4, 0.5) is 0 Å². The largest absolute Gasteiger partial charge is 0.501 e. The molecule has 4 aliphatic rings. The van der Waals surface area contributed by atoms with Gasteiger partial charge in [-0.1, -0.05) is 0 Å². The Morgan fingerprint density at radius 1 is 1.00 bits per heavy atom. The molecule has 0 N–H and O–H groups in total. The third kappa shape index (κ3) is 2.33. The zero-order chi connectivity index (χ0) is 12.7. The number of hydrogen-bond donors (Lipinski definition) is 0. The molecule has 2 nitrogen and oxygen atoms in total. The van der Waals surface area contributed by atoms with Crippen LogP contribution in [0.3, 0.4) is 0 Å². The maximum atomic E-state index is 6.10. The molecule has 19 heavy (non-hydrogen) atoms. The van der Waals surface area contributed by atoms with Crippen molar-refractivity contribution in [2.24, 2.45) is 17.8 Å². The summed E-state index contributed by atoms with van der Waals surface area (Å²) < 4.78 is 12.0. The summed E-state index contributed by atoms with van der Waals surface area (Å²) in [5.74, 6) is 2.53. The standard InChI is InChI=1S/C17H26O2/c1-2-4-12(3-1)10-18-11-13-5-6-14-15(9-13)17-8-7-16(14)19-17/h10,13-17H,1-9,11H2. The van der Waals surface area contributed by atoms with Crippen molar-refractivity contribution in [1.82, 2.24) is 0 Å². The fraction of sp³-hybridized carbons (Fsp3) is 0.882. The van der Waals surface area contributed by atoms with E-state index < -0.39 is 0 Å². The van der Waals surface area contributed by atoms with Crippen LogP contribution in [0, 0.1) is 17.8 Å². The zero-order valence-electron chi connectivity index (χ0n) is 11.9. The normalized spacial score (nSPS) is 44.4. The highest BCUT2D eigenvalue weighted by Gasteiger charge is 2.50. The third-order valence-electron chi connectivity index (χ3n) is 5.93. The third-order valence-corrected chi connectivity index (χ3v) is 5.93. The van der Waals surface area contributed by atoms with E-state index in [1.807, 2.05) is 0 Å². The topological polar surface area (TPSA) is 18.5 Å². The van der Waals surface area contributed by atoms with Crippen molar-refractivity contribution < 1.29 is 9.47 Å². The van der Waals surface area contributed by atoms with Gasteiger partial charge in [-0.05, 0) is 81.1 Å². The fourth-order valence-electron chi connectivity index (χ4n) is 4.93. The molecule has 4 fully saturated rings. The Hall–Kier alpha value is -0.500. The molecule has 0 amide bonds. The highest BCUT2D eigenvalue weighted by molar-refractivity contribution is 5.02. The second kappa shape index (κ2) is 5.12. The Labute approximate surface area is 116 Å². The quantitative estimate of drug-likeness (QED) is 0.714. The predicted octanol–water partition coefficient (Wildman–Crippen LogP) is 4.05. The van der Waals surface area contributed by atoms with Gasteiger partial charge < -0.3 is 9.47 Å². The number of hydrogen-bond acceptors (Lipinski definition) is 2. The summed E-state index contributed by atoms with van der Waals surface area (Å²) in [6.45, 7) is 0.949. The molecule has 0 spiro atoms. The van der Waals surface area contributed by atoms with E-state index >= 15 is 0 Å². The van der Waals surface area contributed by atoms with E-state index in [9.17, 15) is 0 Å². The van der Waals surface area contributed by atoms with E-state index in [1.165, 1.54) is 63.4 Å². The Balaban J connectivity index is 1.28. The molecule has 2 saturated carbocycles.